The number of nitrogens with zero attached hydrogens (tertiary/aromatic N) is 6. The summed E-state index contributed by atoms with van der Waals surface area (Å²) < 4.78 is 198. The second-order valence-electron chi connectivity index (χ2n) is 12.7. The summed E-state index contributed by atoms with van der Waals surface area (Å²) in [6.07, 6.45) is 0. The van der Waals surface area contributed by atoms with Crippen LogP contribution in [0.1, 0.15) is 0 Å². The van der Waals surface area contributed by atoms with Gasteiger partial charge in [-0.1, -0.05) is 10.1 Å². The van der Waals surface area contributed by atoms with Gasteiger partial charge in [0.25, 0.3) is 20.2 Å². The molecular weight excluding hydrogens is 1130 g/mol. The Balaban J connectivity index is 1.87. The van der Waals surface area contributed by atoms with Crippen LogP contribution < -0.4 is 0 Å². The largest absolute Gasteiger partial charge is 0.504 e. The van der Waals surface area contributed by atoms with E-state index in [1.807, 2.05) is 0 Å². The van der Waals surface area contributed by atoms with Crippen LogP contribution in [0.2, 0.25) is 0 Å². The first kappa shape index (κ1) is 58.6. The average Bonchev–Trinajstić information content (AvgIpc) is 3.27. The molecule has 0 fully saturated rings. The van der Waals surface area contributed by atoms with Crippen molar-refractivity contribution in [1.82, 2.24) is 0 Å². The van der Waals surface area contributed by atoms with Crippen LogP contribution in [0.5, 0.6) is 17.2 Å². The van der Waals surface area contributed by atoms with E-state index in [0.29, 0.717) is 30.3 Å². The number of aromatic hydroxyl groups is 3. The lowest BCUT2D eigenvalue weighted by atomic mass is 10.2. The third-order valence-corrected chi connectivity index (χ3v) is 16.2. The first-order valence-corrected chi connectivity index (χ1v) is 28.3. The molecule has 8 N–H and O–H groups in total. The number of benzene rings is 4. The number of hydrogen-bond acceptors (Lipinski definition) is 32. The number of hydrogen-bond donors (Lipinski definition) is 8. The molecule has 0 aliphatic carbocycles. The van der Waals surface area contributed by atoms with E-state index in [-0.39, 0.29) is 35.2 Å². The SMILES string of the molecule is O=S(=O)(O)OCCS(=O)(=O)c1ccc(/N=N/c2c(O)c(/N=N/c3ccc(S(=O)(=O)CCOSOOO)cc3)c(O)c(/N=N/c3ccc(S(=O)(=O)CCOSOOO)cc3S(=O)(=O)O)c2O)c(S(=O)(=O)O)c1. The minimum atomic E-state index is -5.46. The molecular formula is C30H30N6O27S8. The van der Waals surface area contributed by atoms with Gasteiger partial charge in [-0.15, -0.1) is 34.2 Å². The maximum Gasteiger partial charge on any atom is 0.397 e. The molecule has 0 amide bonds. The number of rotatable bonds is 27. The molecule has 0 saturated heterocycles. The zero-order valence-electron chi connectivity index (χ0n) is 34.3. The van der Waals surface area contributed by atoms with E-state index in [0.717, 1.165) is 30.3 Å². The molecule has 390 valence electrons. The molecule has 4 aromatic rings. The third-order valence-electron chi connectivity index (χ3n) is 8.13. The van der Waals surface area contributed by atoms with Gasteiger partial charge in [-0.05, 0) is 60.7 Å². The van der Waals surface area contributed by atoms with Gasteiger partial charge in [-0.3, -0.25) is 22.0 Å². The third kappa shape index (κ3) is 16.8. The van der Waals surface area contributed by atoms with E-state index in [4.69, 9.17) is 19.3 Å². The quantitative estimate of drug-likeness (QED) is 0.0100. The summed E-state index contributed by atoms with van der Waals surface area (Å²) in [6.45, 7) is -2.21. The maximum absolute atomic E-state index is 12.9. The van der Waals surface area contributed by atoms with Crippen molar-refractivity contribution in [2.75, 3.05) is 37.1 Å². The number of azo groups is 3. The molecule has 0 aliphatic heterocycles. The Kier molecular flexibility index (Phi) is 20.3. The summed E-state index contributed by atoms with van der Waals surface area (Å²) in [6, 6.07) is 7.73. The highest BCUT2D eigenvalue weighted by molar-refractivity contribution is 7.92. The highest BCUT2D eigenvalue weighted by Crippen LogP contribution is 2.57. The van der Waals surface area contributed by atoms with Gasteiger partial charge in [0.2, 0.25) is 0 Å². The van der Waals surface area contributed by atoms with E-state index in [1.165, 1.54) is 0 Å². The zero-order chi connectivity index (χ0) is 53.0. The molecule has 41 heteroatoms. The van der Waals surface area contributed by atoms with Crippen molar-refractivity contribution < 1.29 is 121 Å². The van der Waals surface area contributed by atoms with Crippen molar-refractivity contribution in [1.29, 1.82) is 0 Å². The molecule has 0 heterocycles. The first-order chi connectivity index (χ1) is 33.0. The Morgan fingerprint density at radius 1 is 0.451 bits per heavy atom. The number of phenols is 3. The molecule has 4 aromatic carbocycles. The van der Waals surface area contributed by atoms with E-state index >= 15 is 0 Å². The molecule has 0 radical (unpaired) electrons. The summed E-state index contributed by atoms with van der Waals surface area (Å²) >= 11 is 0.151. The zero-order valence-corrected chi connectivity index (χ0v) is 40.8. The Hall–Kier alpha value is -5.00. The molecule has 0 aromatic heterocycles. The fourth-order valence-electron chi connectivity index (χ4n) is 4.97. The van der Waals surface area contributed by atoms with Crippen LogP contribution in [-0.2, 0) is 91.4 Å². The Labute approximate surface area is 408 Å². The Bertz CT molecular complexity index is 3380. The Morgan fingerprint density at radius 2 is 0.803 bits per heavy atom. The summed E-state index contributed by atoms with van der Waals surface area (Å²) in [7, 11) is -29.0. The van der Waals surface area contributed by atoms with Crippen LogP contribution in [0.4, 0.5) is 34.1 Å². The van der Waals surface area contributed by atoms with Crippen molar-refractivity contribution >= 4 is 119 Å². The van der Waals surface area contributed by atoms with Gasteiger partial charge in [-0.2, -0.15) is 30.4 Å². The molecule has 0 bridgehead atoms. The molecule has 71 heavy (non-hydrogen) atoms. The predicted octanol–water partition coefficient (Wildman–Crippen LogP) is 4.69. The molecule has 0 saturated carbocycles. The first-order valence-electron chi connectivity index (χ1n) is 17.7. The molecule has 4 rings (SSSR count). The van der Waals surface area contributed by atoms with Gasteiger partial charge in [0, 0.05) is 0 Å². The lowest BCUT2D eigenvalue weighted by Gasteiger charge is -2.11. The van der Waals surface area contributed by atoms with Crippen molar-refractivity contribution in [2.45, 2.75) is 24.5 Å². The maximum atomic E-state index is 12.9. The molecule has 0 spiro atoms. The van der Waals surface area contributed by atoms with E-state index in [2.05, 4.69) is 57.8 Å². The standard InChI is InChI=1S/C30H30N6O27S8/c37-28-25(34-31-17-1-3-18(4-2-17)66(42,43)12-9-57-64-62-60-40)29(38)27(36-33-22-8-6-20(16-24(22)70(51,52)53)68(46,47)14-11-59-71(54,55)56)30(39)26(28)35-32-21-7-5-19(15-23(21)69(48,49)50)67(44,45)13-10-58-65-63-61-41/h1-8,15-16,37-41H,9-14H2,(H,48,49,50)(H,51,52,53)(H,54,55,56)/b34-31+,35-32+,36-33+. The van der Waals surface area contributed by atoms with E-state index in [9.17, 15) is 74.9 Å². The van der Waals surface area contributed by atoms with Crippen molar-refractivity contribution in [2.24, 2.45) is 30.7 Å². The van der Waals surface area contributed by atoms with Crippen LogP contribution in [0.3, 0.4) is 0 Å². The molecule has 0 unspecified atom stereocenters. The van der Waals surface area contributed by atoms with Crippen molar-refractivity contribution in [3.8, 4) is 17.2 Å². The summed E-state index contributed by atoms with van der Waals surface area (Å²) in [5.41, 5.74) is -5.52. The molecule has 33 nitrogen and oxygen atoms in total. The highest BCUT2D eigenvalue weighted by atomic mass is 32.3. The smallest absolute Gasteiger partial charge is 0.397 e. The average molecular weight is 1160 g/mol. The van der Waals surface area contributed by atoms with Crippen LogP contribution in [-0.4, -0.2) is 127 Å². The number of sulfone groups is 3. The highest BCUT2D eigenvalue weighted by Gasteiger charge is 2.28. The van der Waals surface area contributed by atoms with E-state index < -0.39 is 162 Å². The lowest BCUT2D eigenvalue weighted by molar-refractivity contribution is -0.434. The van der Waals surface area contributed by atoms with Crippen molar-refractivity contribution in [3.05, 3.63) is 60.7 Å². The topological polar surface area (TPSA) is 505 Å². The van der Waals surface area contributed by atoms with Gasteiger partial charge >= 0.3 is 10.4 Å². The number of phenolic OH excluding ortho intramolecular Hbond substituents is 3. The van der Waals surface area contributed by atoms with Gasteiger partial charge in [0.05, 0.1) is 57.5 Å². The normalized spacial score (nSPS) is 13.3. The minimum Gasteiger partial charge on any atom is -0.504 e. The fourth-order valence-corrected chi connectivity index (χ4v) is 10.8. The van der Waals surface area contributed by atoms with Crippen LogP contribution >= 0.6 is 24.6 Å². The Morgan fingerprint density at radius 3 is 1.17 bits per heavy atom. The summed E-state index contributed by atoms with van der Waals surface area (Å²) in [5, 5.41) is 78.2. The van der Waals surface area contributed by atoms with Crippen molar-refractivity contribution in [3.63, 3.8) is 0 Å². The fraction of sp³-hybridized carbons (Fsp3) is 0.200. The van der Waals surface area contributed by atoms with Crippen LogP contribution in [0, 0.1) is 0 Å². The summed E-state index contributed by atoms with van der Waals surface area (Å²) in [4.78, 5) is -4.45. The van der Waals surface area contributed by atoms with E-state index in [1.54, 1.807) is 0 Å². The van der Waals surface area contributed by atoms with Crippen LogP contribution in [0.15, 0.2) is 116 Å². The van der Waals surface area contributed by atoms with Gasteiger partial charge in [-0.25, -0.2) is 40.0 Å². The van der Waals surface area contributed by atoms with Gasteiger partial charge in [0.15, 0.2) is 88.5 Å². The monoisotopic (exact) mass is 1160 g/mol. The second-order valence-corrected chi connectivity index (χ2v) is 23.9. The lowest BCUT2D eigenvalue weighted by Crippen LogP contribution is -2.16. The van der Waals surface area contributed by atoms with Gasteiger partial charge < -0.3 is 15.3 Å². The minimum absolute atomic E-state index is 0.0277. The molecule has 0 atom stereocenters. The van der Waals surface area contributed by atoms with Gasteiger partial charge in [0.1, 0.15) is 21.2 Å². The summed E-state index contributed by atoms with van der Waals surface area (Å²) in [5.74, 6) is -6.77. The second kappa shape index (κ2) is 24.6. The molecule has 0 aliphatic rings. The predicted molar refractivity (Wildman–Crippen MR) is 233 cm³/mol. The van der Waals surface area contributed by atoms with Crippen LogP contribution in [0.25, 0.3) is 0 Å².